The van der Waals surface area contributed by atoms with Crippen LogP contribution in [0.5, 0.6) is 0 Å². The molecular formula is C23H31NO2S. The zero-order valence-corrected chi connectivity index (χ0v) is 17.6. The summed E-state index contributed by atoms with van der Waals surface area (Å²) in [5.74, 6) is 1.25. The van der Waals surface area contributed by atoms with E-state index in [2.05, 4.69) is 91.1 Å². The van der Waals surface area contributed by atoms with Crippen LogP contribution in [0.15, 0.2) is 76.5 Å². The molecule has 2 aliphatic carbocycles. The lowest BCUT2D eigenvalue weighted by atomic mass is 10.2. The fourth-order valence-corrected chi connectivity index (χ4v) is 8.61. The smallest absolute Gasteiger partial charge is 0.180 e. The average Bonchev–Trinajstić information content (AvgIpc) is 3.16. The molecule has 146 valence electrons. The number of aromatic nitrogens is 1. The summed E-state index contributed by atoms with van der Waals surface area (Å²) in [6.07, 6.45) is 17.5. The number of oxazole rings is 1. The van der Waals surface area contributed by atoms with Crippen molar-refractivity contribution in [3.63, 3.8) is 0 Å². The lowest BCUT2D eigenvalue weighted by Crippen LogP contribution is -2.34. The molecule has 0 saturated heterocycles. The highest BCUT2D eigenvalue weighted by atomic mass is 32.3. The summed E-state index contributed by atoms with van der Waals surface area (Å²) in [4.78, 5) is 5.13. The summed E-state index contributed by atoms with van der Waals surface area (Å²) in [6.45, 7) is 7.23. The first kappa shape index (κ1) is 20.0. The molecule has 0 amide bonds. The van der Waals surface area contributed by atoms with Gasteiger partial charge in [-0.1, -0.05) is 75.4 Å². The van der Waals surface area contributed by atoms with Crippen LogP contribution in [-0.2, 0) is 6.61 Å². The van der Waals surface area contributed by atoms with Gasteiger partial charge < -0.3 is 9.52 Å². The fourth-order valence-electron chi connectivity index (χ4n) is 4.06. The first-order valence-corrected chi connectivity index (χ1v) is 11.5. The molecule has 4 rings (SSSR count). The first-order chi connectivity index (χ1) is 12.8. The van der Waals surface area contributed by atoms with Crippen LogP contribution in [0, 0.1) is 5.92 Å². The second-order valence-corrected chi connectivity index (χ2v) is 12.6. The number of allylic oxidation sites excluding steroid dienone is 3. The van der Waals surface area contributed by atoms with Gasteiger partial charge >= 0.3 is 0 Å². The Balaban J connectivity index is 0.000000253. The molecule has 0 aliphatic heterocycles. The Labute approximate surface area is 164 Å². The zero-order chi connectivity index (χ0) is 19.5. The van der Waals surface area contributed by atoms with Crippen molar-refractivity contribution in [1.82, 2.24) is 4.98 Å². The van der Waals surface area contributed by atoms with Crippen molar-refractivity contribution in [2.45, 2.75) is 54.6 Å². The normalized spacial score (nSPS) is 26.8. The van der Waals surface area contributed by atoms with Crippen LogP contribution < -0.4 is 0 Å². The van der Waals surface area contributed by atoms with E-state index in [1.165, 1.54) is 19.0 Å². The number of fused-ring (bicyclic) bond motifs is 1. The summed E-state index contributed by atoms with van der Waals surface area (Å²) < 4.78 is 5.32. The van der Waals surface area contributed by atoms with E-state index in [1.54, 1.807) is 4.90 Å². The quantitative estimate of drug-likeness (QED) is 0.687. The Morgan fingerprint density at radius 2 is 1.96 bits per heavy atom. The van der Waals surface area contributed by atoms with E-state index in [-0.39, 0.29) is 6.61 Å². The fraction of sp³-hybridized carbons (Fsp3) is 0.435. The van der Waals surface area contributed by atoms with Crippen molar-refractivity contribution >= 4 is 10.0 Å². The van der Waals surface area contributed by atoms with Gasteiger partial charge in [-0.05, 0) is 34.7 Å². The molecule has 4 heteroatoms. The van der Waals surface area contributed by atoms with Crippen LogP contribution in [0.3, 0.4) is 0 Å². The average molecular weight is 386 g/mol. The molecule has 1 heterocycles. The standard InChI is InChI=1S/C19H26S.C4H5NO2/c1-18(2,3)20(4,17-12-8-5-9-13-17)19-14-10-6-7-11-16(19)15-19;6-2-4-1-5-3-7-4/h5,7-14,16H,6,15H2,1-4H3;1,3,6H,2H2. The zero-order valence-electron chi connectivity index (χ0n) is 16.8. The Bertz CT molecular complexity index is 792. The van der Waals surface area contributed by atoms with Gasteiger partial charge in [0, 0.05) is 4.75 Å². The molecule has 1 saturated carbocycles. The largest absolute Gasteiger partial charge is 0.446 e. The van der Waals surface area contributed by atoms with Crippen molar-refractivity contribution in [2.75, 3.05) is 6.26 Å². The van der Waals surface area contributed by atoms with Crippen LogP contribution in [-0.4, -0.2) is 25.8 Å². The number of aliphatic hydroxyl groups is 1. The van der Waals surface area contributed by atoms with Crippen molar-refractivity contribution in [1.29, 1.82) is 0 Å². The van der Waals surface area contributed by atoms with E-state index >= 15 is 0 Å². The van der Waals surface area contributed by atoms with Gasteiger partial charge in [-0.15, -0.1) is 0 Å². The summed E-state index contributed by atoms with van der Waals surface area (Å²) >= 11 is 0. The second-order valence-electron chi connectivity index (χ2n) is 8.30. The Hall–Kier alpha value is -1.78. The van der Waals surface area contributed by atoms with E-state index in [9.17, 15) is 0 Å². The minimum atomic E-state index is -0.923. The molecule has 0 spiro atoms. The molecule has 1 aromatic heterocycles. The van der Waals surface area contributed by atoms with Gasteiger partial charge in [-0.3, -0.25) is 0 Å². The summed E-state index contributed by atoms with van der Waals surface area (Å²) in [7, 11) is -0.923. The van der Waals surface area contributed by atoms with E-state index < -0.39 is 10.0 Å². The number of aliphatic hydroxyl groups excluding tert-OH is 1. The highest BCUT2D eigenvalue weighted by Crippen LogP contribution is 2.81. The topological polar surface area (TPSA) is 46.3 Å². The monoisotopic (exact) mass is 385 g/mol. The molecule has 0 radical (unpaired) electrons. The van der Waals surface area contributed by atoms with Gasteiger partial charge in [0.25, 0.3) is 0 Å². The molecule has 1 N–H and O–H groups in total. The van der Waals surface area contributed by atoms with Crippen molar-refractivity contribution in [3.8, 4) is 0 Å². The summed E-state index contributed by atoms with van der Waals surface area (Å²) in [6, 6.07) is 11.3. The van der Waals surface area contributed by atoms with Crippen LogP contribution in [0.25, 0.3) is 0 Å². The predicted molar refractivity (Wildman–Crippen MR) is 114 cm³/mol. The molecule has 3 unspecified atom stereocenters. The third-order valence-electron chi connectivity index (χ3n) is 5.89. The minimum Gasteiger partial charge on any atom is -0.446 e. The van der Waals surface area contributed by atoms with Gasteiger partial charge in [0.1, 0.15) is 12.4 Å². The third kappa shape index (κ3) is 3.65. The van der Waals surface area contributed by atoms with Crippen molar-refractivity contribution in [2.24, 2.45) is 5.92 Å². The molecule has 0 bridgehead atoms. The van der Waals surface area contributed by atoms with Crippen LogP contribution in [0.4, 0.5) is 0 Å². The third-order valence-corrected chi connectivity index (χ3v) is 11.7. The van der Waals surface area contributed by atoms with E-state index in [0.717, 1.165) is 12.3 Å². The van der Waals surface area contributed by atoms with Crippen LogP contribution >= 0.6 is 10.0 Å². The SMILES string of the molecule is CC(C)(C)S(C)(c1ccccc1)C12C=CCC=CC1C2.OCc1cnco1. The number of rotatable bonds is 3. The molecule has 1 aromatic carbocycles. The molecule has 2 aromatic rings. The molecule has 2 aliphatic rings. The highest BCUT2D eigenvalue weighted by Gasteiger charge is 2.63. The molecule has 3 atom stereocenters. The maximum Gasteiger partial charge on any atom is 0.180 e. The van der Waals surface area contributed by atoms with Crippen molar-refractivity contribution < 1.29 is 9.52 Å². The lowest BCUT2D eigenvalue weighted by Gasteiger charge is -2.54. The predicted octanol–water partition coefficient (Wildman–Crippen LogP) is 5.72. The lowest BCUT2D eigenvalue weighted by molar-refractivity contribution is 0.247. The van der Waals surface area contributed by atoms with Gasteiger partial charge in [-0.25, -0.2) is 15.0 Å². The van der Waals surface area contributed by atoms with Gasteiger partial charge in [-0.2, -0.15) is 0 Å². The minimum absolute atomic E-state index is 0.0694. The van der Waals surface area contributed by atoms with Crippen LogP contribution in [0.1, 0.15) is 39.4 Å². The van der Waals surface area contributed by atoms with Crippen molar-refractivity contribution in [3.05, 3.63) is 73.0 Å². The highest BCUT2D eigenvalue weighted by molar-refractivity contribution is 8.35. The maximum absolute atomic E-state index is 8.29. The van der Waals surface area contributed by atoms with E-state index in [1.807, 2.05) is 0 Å². The second kappa shape index (κ2) is 7.69. The Kier molecular flexibility index (Phi) is 5.68. The van der Waals surface area contributed by atoms with Gasteiger partial charge in [0.2, 0.25) is 0 Å². The summed E-state index contributed by atoms with van der Waals surface area (Å²) in [5.41, 5.74) is 0. The summed E-state index contributed by atoms with van der Waals surface area (Å²) in [5, 5.41) is 8.29. The molecular weight excluding hydrogens is 354 g/mol. The van der Waals surface area contributed by atoms with Crippen LogP contribution in [0.2, 0.25) is 0 Å². The first-order valence-electron chi connectivity index (χ1n) is 9.50. The molecule has 1 fully saturated rings. The maximum atomic E-state index is 8.29. The number of hydrogen-bond donors (Lipinski definition) is 1. The molecule has 27 heavy (non-hydrogen) atoms. The number of hydrogen-bond acceptors (Lipinski definition) is 3. The number of benzene rings is 1. The van der Waals surface area contributed by atoms with E-state index in [4.69, 9.17) is 5.11 Å². The Morgan fingerprint density at radius 3 is 2.52 bits per heavy atom. The molecule has 3 nitrogen and oxygen atoms in total. The number of nitrogens with zero attached hydrogens (tertiary/aromatic N) is 1. The Morgan fingerprint density at radius 1 is 1.22 bits per heavy atom. The van der Waals surface area contributed by atoms with Gasteiger partial charge in [0.05, 0.1) is 6.20 Å². The van der Waals surface area contributed by atoms with Gasteiger partial charge in [0.15, 0.2) is 6.39 Å². The van der Waals surface area contributed by atoms with E-state index in [0.29, 0.717) is 15.3 Å².